The average molecular weight is 796 g/mol. The van der Waals surface area contributed by atoms with Gasteiger partial charge < -0.3 is 12.9 Å². The van der Waals surface area contributed by atoms with Crippen molar-refractivity contribution in [3.63, 3.8) is 0 Å². The van der Waals surface area contributed by atoms with Gasteiger partial charge >= 0.3 is 20.2 Å². The van der Waals surface area contributed by atoms with E-state index in [9.17, 15) is 16.8 Å². The Bertz CT molecular complexity index is 3230. The zero-order valence-electron chi connectivity index (χ0n) is 30.4. The summed E-state index contributed by atoms with van der Waals surface area (Å²) in [4.78, 5) is 9.88. The lowest BCUT2D eigenvalue weighted by atomic mass is 10.1. The first-order valence-corrected chi connectivity index (χ1v) is 21.5. The van der Waals surface area contributed by atoms with Gasteiger partial charge in [0, 0.05) is 17.3 Å². The lowest BCUT2D eigenvalue weighted by Gasteiger charge is -2.17. The van der Waals surface area contributed by atoms with Crippen LogP contribution in [0.1, 0.15) is 18.1 Å². The van der Waals surface area contributed by atoms with Gasteiger partial charge in [-0.3, -0.25) is 0 Å². The van der Waals surface area contributed by atoms with Crippen molar-refractivity contribution in [2.24, 2.45) is 0 Å². The fourth-order valence-corrected chi connectivity index (χ4v) is 9.97. The van der Waals surface area contributed by atoms with E-state index in [4.69, 9.17) is 18.3 Å². The molecule has 0 N–H and O–H groups in total. The standard InChI is InChI=1S/C44H33N3O6S3/c1-4-47-41-33-11-7-5-9-29(33)17-23-37(41)45-43(47)35-25-40(53-56(50,51)32-21-15-28(3)16-22-32)36(26-39(35)52-55(48,49)31-19-13-27(2)14-20-31)44-46-38-24-18-30-10-6-8-12-34(30)42(38)54-44/h5-26H,4H2,1-3H3. The van der Waals surface area contributed by atoms with Gasteiger partial charge in [-0.15, -0.1) is 11.3 Å². The average Bonchev–Trinajstić information content (AvgIpc) is 3.81. The van der Waals surface area contributed by atoms with Crippen molar-refractivity contribution in [2.45, 2.75) is 37.1 Å². The van der Waals surface area contributed by atoms with Crippen LogP contribution in [0.25, 0.3) is 64.8 Å². The number of hydrogen-bond acceptors (Lipinski definition) is 9. The molecule has 0 atom stereocenters. The predicted octanol–water partition coefficient (Wildman–Crippen LogP) is 10.5. The van der Waals surface area contributed by atoms with Gasteiger partial charge in [0.15, 0.2) is 11.5 Å². The number of benzene rings is 7. The first kappa shape index (κ1) is 35.6. The Morgan fingerprint density at radius 1 is 0.589 bits per heavy atom. The Hall–Kier alpha value is -6.08. The summed E-state index contributed by atoms with van der Waals surface area (Å²) < 4.78 is 71.2. The monoisotopic (exact) mass is 795 g/mol. The normalized spacial score (nSPS) is 12.2. The number of imidazole rings is 1. The molecule has 9 rings (SSSR count). The summed E-state index contributed by atoms with van der Waals surface area (Å²) in [6, 6.07) is 39.4. The Morgan fingerprint density at radius 3 is 1.71 bits per heavy atom. The summed E-state index contributed by atoms with van der Waals surface area (Å²) in [5.74, 6) is 0.232. The number of hydrogen-bond donors (Lipinski definition) is 0. The van der Waals surface area contributed by atoms with Crippen LogP contribution in [0.15, 0.2) is 143 Å². The number of fused-ring (bicyclic) bond motifs is 6. The highest BCUT2D eigenvalue weighted by Crippen LogP contribution is 2.46. The molecule has 0 spiro atoms. The molecular formula is C44H33N3O6S3. The molecule has 2 heterocycles. The number of nitrogens with zero attached hydrogens (tertiary/aromatic N) is 3. The van der Waals surface area contributed by atoms with Gasteiger partial charge in [-0.25, -0.2) is 9.97 Å². The molecule has 0 aliphatic heterocycles. The van der Waals surface area contributed by atoms with Gasteiger partial charge in [-0.05, 0) is 80.1 Å². The molecule has 7 aromatic carbocycles. The molecule has 0 unspecified atom stereocenters. The van der Waals surface area contributed by atoms with Crippen LogP contribution in [0.4, 0.5) is 0 Å². The lowest BCUT2D eigenvalue weighted by Crippen LogP contribution is -2.13. The van der Waals surface area contributed by atoms with E-state index in [1.54, 1.807) is 24.3 Å². The molecule has 12 heteroatoms. The van der Waals surface area contributed by atoms with Crippen molar-refractivity contribution in [1.82, 2.24) is 14.5 Å². The van der Waals surface area contributed by atoms with Crippen LogP contribution in [-0.2, 0) is 26.8 Å². The third-order valence-corrected chi connectivity index (χ3v) is 13.4. The molecule has 0 fully saturated rings. The molecule has 0 aliphatic carbocycles. The Balaban J connectivity index is 1.33. The Morgan fingerprint density at radius 2 is 1.11 bits per heavy atom. The quantitative estimate of drug-likeness (QED) is 0.133. The van der Waals surface area contributed by atoms with Gasteiger partial charge in [0.25, 0.3) is 0 Å². The van der Waals surface area contributed by atoms with Crippen LogP contribution < -0.4 is 8.37 Å². The van der Waals surface area contributed by atoms with Crippen molar-refractivity contribution in [3.05, 3.63) is 145 Å². The largest absolute Gasteiger partial charge is 0.378 e. The minimum atomic E-state index is -4.41. The third-order valence-electron chi connectivity index (χ3n) is 9.80. The van der Waals surface area contributed by atoms with E-state index in [2.05, 4.69) is 0 Å². The van der Waals surface area contributed by atoms with E-state index in [-0.39, 0.29) is 32.4 Å². The SMILES string of the molecule is CCn1c(-c2cc(OS(=O)(=O)c3ccc(C)cc3)c(-c3nc4ccc5ccccc5c4s3)cc2OS(=O)(=O)c2ccc(C)cc2)nc2ccc3ccccc3c21. The maximum Gasteiger partial charge on any atom is 0.339 e. The van der Waals surface area contributed by atoms with Crippen LogP contribution >= 0.6 is 11.3 Å². The topological polar surface area (TPSA) is 117 Å². The number of rotatable bonds is 9. The van der Waals surface area contributed by atoms with Crippen molar-refractivity contribution < 1.29 is 25.2 Å². The van der Waals surface area contributed by atoms with E-state index in [0.717, 1.165) is 42.9 Å². The highest BCUT2D eigenvalue weighted by atomic mass is 32.2. The first-order valence-electron chi connectivity index (χ1n) is 17.9. The minimum Gasteiger partial charge on any atom is -0.378 e. The molecule has 9 nitrogen and oxygen atoms in total. The van der Waals surface area contributed by atoms with E-state index in [1.807, 2.05) is 98.1 Å². The molecule has 0 aliphatic rings. The molecule has 2 aromatic heterocycles. The highest BCUT2D eigenvalue weighted by molar-refractivity contribution is 7.87. The Kier molecular flexibility index (Phi) is 8.64. The molecule has 0 radical (unpaired) electrons. The lowest BCUT2D eigenvalue weighted by molar-refractivity contribution is 0.479. The van der Waals surface area contributed by atoms with Crippen LogP contribution in [0, 0.1) is 13.8 Å². The number of thiazole rings is 1. The predicted molar refractivity (Wildman–Crippen MR) is 222 cm³/mol. The molecule has 278 valence electrons. The molecule has 56 heavy (non-hydrogen) atoms. The number of aryl methyl sites for hydroxylation is 3. The molecule has 0 saturated carbocycles. The molecule has 9 aromatic rings. The van der Waals surface area contributed by atoms with E-state index >= 15 is 0 Å². The van der Waals surface area contributed by atoms with E-state index in [0.29, 0.717) is 28.4 Å². The molecule has 0 saturated heterocycles. The summed E-state index contributed by atoms with van der Waals surface area (Å²) in [6.45, 7) is 6.15. The van der Waals surface area contributed by atoms with Crippen molar-refractivity contribution in [3.8, 4) is 33.5 Å². The van der Waals surface area contributed by atoms with Crippen LogP contribution in [0.2, 0.25) is 0 Å². The summed E-state index contributed by atoms with van der Waals surface area (Å²) in [6.07, 6.45) is 0. The zero-order chi connectivity index (χ0) is 38.8. The van der Waals surface area contributed by atoms with Crippen molar-refractivity contribution >= 4 is 74.4 Å². The van der Waals surface area contributed by atoms with Crippen LogP contribution in [0.5, 0.6) is 11.5 Å². The van der Waals surface area contributed by atoms with Crippen molar-refractivity contribution in [1.29, 1.82) is 0 Å². The smallest absolute Gasteiger partial charge is 0.339 e. The first-order chi connectivity index (χ1) is 27.0. The van der Waals surface area contributed by atoms with Crippen LogP contribution in [-0.4, -0.2) is 31.4 Å². The fraction of sp³-hybridized carbons (Fsp3) is 0.0909. The maximum atomic E-state index is 14.1. The molecule has 0 bridgehead atoms. The van der Waals surface area contributed by atoms with Crippen molar-refractivity contribution in [2.75, 3.05) is 0 Å². The Labute approximate surface area is 327 Å². The van der Waals surface area contributed by atoms with Gasteiger partial charge in [0.1, 0.15) is 20.6 Å². The molecule has 0 amide bonds. The van der Waals surface area contributed by atoms with Gasteiger partial charge in [0.05, 0.1) is 32.4 Å². The summed E-state index contributed by atoms with van der Waals surface area (Å²) in [5.41, 5.74) is 4.41. The second kappa shape index (κ2) is 13.6. The van der Waals surface area contributed by atoms with E-state index in [1.165, 1.54) is 47.7 Å². The second-order valence-corrected chi connectivity index (χ2v) is 17.6. The minimum absolute atomic E-state index is 0.0413. The van der Waals surface area contributed by atoms with Gasteiger partial charge in [-0.2, -0.15) is 16.8 Å². The van der Waals surface area contributed by atoms with E-state index < -0.39 is 20.2 Å². The summed E-state index contributed by atoms with van der Waals surface area (Å²) in [7, 11) is -8.80. The third kappa shape index (κ3) is 6.25. The highest BCUT2D eigenvalue weighted by Gasteiger charge is 2.29. The van der Waals surface area contributed by atoms with Gasteiger partial charge in [0.2, 0.25) is 0 Å². The second-order valence-electron chi connectivity index (χ2n) is 13.5. The van der Waals surface area contributed by atoms with Gasteiger partial charge in [-0.1, -0.05) is 96.1 Å². The zero-order valence-corrected chi connectivity index (χ0v) is 32.9. The summed E-state index contributed by atoms with van der Waals surface area (Å²) in [5, 5.41) is 4.36. The summed E-state index contributed by atoms with van der Waals surface area (Å²) >= 11 is 1.35. The molecular weight excluding hydrogens is 763 g/mol. The van der Waals surface area contributed by atoms with Crippen LogP contribution in [0.3, 0.4) is 0 Å². The maximum absolute atomic E-state index is 14.1. The fourth-order valence-electron chi connectivity index (χ4n) is 6.96. The number of aromatic nitrogens is 3.